The summed E-state index contributed by atoms with van der Waals surface area (Å²) in [4.78, 5) is 0. The molecular formula is C54H46BF20IO. The Bertz CT molecular complexity index is 2590. The van der Waals surface area contributed by atoms with Gasteiger partial charge in [-0.2, -0.15) is 0 Å². The molecule has 0 aliphatic carbocycles. The van der Waals surface area contributed by atoms with Crippen molar-refractivity contribution < 1.29 is 114 Å². The molecule has 0 saturated heterocycles. The predicted molar refractivity (Wildman–Crippen MR) is 245 cm³/mol. The van der Waals surface area contributed by atoms with Gasteiger partial charge in [0.1, 0.15) is 58.4 Å². The summed E-state index contributed by atoms with van der Waals surface area (Å²) in [5.41, 5.74) is -14.3. The molecule has 6 aromatic carbocycles. The van der Waals surface area contributed by atoms with Gasteiger partial charge in [0.05, 0.1) is 6.61 Å². The standard InChI is InChI=1S/C30H46IO.C24BF20/c1-2-3-4-5-6-7-8-9-10-11-12-13-14-15-16-20-27-32-30-25-23-29(24-26-30)31-28-21-18-17-19-22-28;26-5-1(6(27)14(35)21(42)13(5)34)25(2-7(28)15(36)22(43)16(37)8(2)29,3-9(30)17(38)23(44)18(39)10(3)31)4-11(32)19(40)24(45)20(41)12(4)33/h17-19,21-26H,2-16,20,27H2,1H3;/q+1;-1. The van der Waals surface area contributed by atoms with E-state index >= 15 is 35.1 Å². The smallest absolute Gasteiger partial charge is 0.357 e. The highest BCUT2D eigenvalue weighted by atomic mass is 127. The van der Waals surface area contributed by atoms with Crippen LogP contribution in [0.15, 0.2) is 54.6 Å². The van der Waals surface area contributed by atoms with Gasteiger partial charge in [-0.15, -0.1) is 21.9 Å². The molecule has 6 rings (SSSR count). The van der Waals surface area contributed by atoms with E-state index in [4.69, 9.17) is 4.74 Å². The van der Waals surface area contributed by atoms with Crippen molar-refractivity contribution >= 4 is 28.0 Å². The normalized spacial score (nSPS) is 11.6. The van der Waals surface area contributed by atoms with Gasteiger partial charge in [0.25, 0.3) is 0 Å². The minimum atomic E-state index is -7.22. The van der Waals surface area contributed by atoms with E-state index in [0.717, 1.165) is 12.4 Å². The molecule has 0 spiro atoms. The van der Waals surface area contributed by atoms with Crippen LogP contribution in [0, 0.1) is 123 Å². The van der Waals surface area contributed by atoms with Crippen LogP contribution in [0.3, 0.4) is 0 Å². The molecule has 0 aliphatic rings. The molecule has 0 fully saturated rings. The van der Waals surface area contributed by atoms with Crippen LogP contribution >= 0.6 is 0 Å². The number of unbranched alkanes of at least 4 members (excludes halogenated alkanes) is 15. The molecule has 0 radical (unpaired) electrons. The summed E-state index contributed by atoms with van der Waals surface area (Å²) in [5.74, 6) is -70.4. The SMILES string of the molecule is CCCCCCCCCCCCCCCCCCOc1ccc([I+]c2ccccc2)cc1.Fc1c(F)c(F)c([B-](c2c(F)c(F)c(F)c(F)c2F)(c2c(F)c(F)c(F)c(F)c2F)c2c(F)c(F)c(F)c(F)c2F)c(F)c1F. The Balaban J connectivity index is 0.000000301. The highest BCUT2D eigenvalue weighted by Gasteiger charge is 2.52. The lowest BCUT2D eigenvalue weighted by atomic mass is 9.12. The second-order valence-corrected chi connectivity index (χ2v) is 20.8. The first-order valence-electron chi connectivity index (χ1n) is 24.2. The minimum Gasteiger partial charge on any atom is -0.494 e. The number of rotatable bonds is 24. The molecular weight excluding hydrogens is 1180 g/mol. The summed E-state index contributed by atoms with van der Waals surface area (Å²) in [6.07, 6.45) is 15.3. The van der Waals surface area contributed by atoms with E-state index in [-0.39, 0.29) is 21.2 Å². The Labute approximate surface area is 440 Å². The molecule has 0 atom stereocenters. The summed E-state index contributed by atoms with van der Waals surface area (Å²) < 4.78 is 303. The molecule has 0 amide bonds. The van der Waals surface area contributed by atoms with Crippen LogP contribution in [-0.2, 0) is 0 Å². The first kappa shape index (κ1) is 62.4. The molecule has 0 aromatic heterocycles. The Hall–Kier alpha value is -5.49. The Morgan fingerprint density at radius 2 is 0.519 bits per heavy atom. The van der Waals surface area contributed by atoms with Crippen molar-refractivity contribution in [1.82, 2.24) is 0 Å². The lowest BCUT2D eigenvalue weighted by molar-refractivity contribution is -0.597. The highest BCUT2D eigenvalue weighted by molar-refractivity contribution is 7.20. The van der Waals surface area contributed by atoms with Crippen LogP contribution < -0.4 is 47.8 Å². The maximum atomic E-state index is 15.4. The molecule has 77 heavy (non-hydrogen) atoms. The van der Waals surface area contributed by atoms with E-state index in [1.54, 1.807) is 0 Å². The third-order valence-corrected chi connectivity index (χ3v) is 15.4. The summed E-state index contributed by atoms with van der Waals surface area (Å²) >= 11 is -0.0762. The number of benzene rings is 6. The molecule has 418 valence electrons. The van der Waals surface area contributed by atoms with E-state index in [2.05, 4.69) is 61.5 Å². The second-order valence-electron chi connectivity index (χ2n) is 17.8. The fourth-order valence-corrected chi connectivity index (χ4v) is 11.1. The molecule has 0 unspecified atom stereocenters. The van der Waals surface area contributed by atoms with Crippen LogP contribution in [0.5, 0.6) is 5.75 Å². The lowest BCUT2D eigenvalue weighted by Gasteiger charge is -2.44. The Morgan fingerprint density at radius 3 is 0.792 bits per heavy atom. The highest BCUT2D eigenvalue weighted by Crippen LogP contribution is 2.31. The maximum Gasteiger partial charge on any atom is 0.357 e. The first-order chi connectivity index (χ1) is 36.6. The van der Waals surface area contributed by atoms with Gasteiger partial charge in [-0.1, -0.05) is 121 Å². The van der Waals surface area contributed by atoms with Crippen LogP contribution in [-0.4, -0.2) is 12.8 Å². The van der Waals surface area contributed by atoms with Crippen molar-refractivity contribution in [2.24, 2.45) is 0 Å². The van der Waals surface area contributed by atoms with Gasteiger partial charge >= 0.3 is 21.2 Å². The van der Waals surface area contributed by atoms with Crippen molar-refractivity contribution in [1.29, 1.82) is 0 Å². The van der Waals surface area contributed by atoms with Crippen LogP contribution in [0.1, 0.15) is 110 Å². The fourth-order valence-electron chi connectivity index (χ4n) is 8.91. The summed E-state index contributed by atoms with van der Waals surface area (Å²) in [7, 11) is 0. The zero-order valence-corrected chi connectivity index (χ0v) is 42.8. The molecule has 23 heteroatoms. The average molecular weight is 1230 g/mol. The van der Waals surface area contributed by atoms with Crippen molar-refractivity contribution in [2.45, 2.75) is 110 Å². The van der Waals surface area contributed by atoms with Gasteiger partial charge < -0.3 is 4.74 Å². The van der Waals surface area contributed by atoms with Gasteiger partial charge in [0.15, 0.2) is 76.9 Å². The van der Waals surface area contributed by atoms with Crippen LogP contribution in [0.25, 0.3) is 0 Å². The average Bonchev–Trinajstić information content (AvgIpc) is 3.42. The Morgan fingerprint density at radius 1 is 0.286 bits per heavy atom. The van der Waals surface area contributed by atoms with E-state index in [9.17, 15) is 52.7 Å². The van der Waals surface area contributed by atoms with E-state index in [1.807, 2.05) is 0 Å². The summed E-state index contributed by atoms with van der Waals surface area (Å²) in [6.45, 7) is 3.15. The zero-order chi connectivity index (χ0) is 56.9. The topological polar surface area (TPSA) is 9.23 Å². The lowest BCUT2D eigenvalue weighted by Crippen LogP contribution is -3.61. The van der Waals surface area contributed by atoms with E-state index < -0.39 is 144 Å². The molecule has 6 aromatic rings. The van der Waals surface area contributed by atoms with E-state index in [1.165, 1.54) is 110 Å². The number of ether oxygens (including phenoxy) is 1. The van der Waals surface area contributed by atoms with Crippen molar-refractivity contribution in [3.05, 3.63) is 178 Å². The van der Waals surface area contributed by atoms with Crippen molar-refractivity contribution in [2.75, 3.05) is 6.61 Å². The van der Waals surface area contributed by atoms with Crippen molar-refractivity contribution in [3.8, 4) is 5.75 Å². The van der Waals surface area contributed by atoms with Gasteiger partial charge in [0, 0.05) is 0 Å². The molecule has 0 aliphatic heterocycles. The number of halogens is 21. The predicted octanol–water partition coefficient (Wildman–Crippen LogP) is 12.3. The van der Waals surface area contributed by atoms with Crippen LogP contribution in [0.4, 0.5) is 87.8 Å². The van der Waals surface area contributed by atoms with Gasteiger partial charge in [-0.05, 0) is 42.8 Å². The molecule has 0 N–H and O–H groups in total. The molecule has 0 saturated carbocycles. The third kappa shape index (κ3) is 13.7. The monoisotopic (exact) mass is 1230 g/mol. The largest absolute Gasteiger partial charge is 0.494 e. The number of hydrogen-bond acceptors (Lipinski definition) is 1. The molecule has 0 heterocycles. The first-order valence-corrected chi connectivity index (χ1v) is 26.4. The van der Waals surface area contributed by atoms with Gasteiger partial charge in [0.2, 0.25) is 0 Å². The van der Waals surface area contributed by atoms with Crippen molar-refractivity contribution in [3.63, 3.8) is 0 Å². The molecule has 0 bridgehead atoms. The third-order valence-electron chi connectivity index (χ3n) is 12.7. The van der Waals surface area contributed by atoms with Crippen LogP contribution in [0.2, 0.25) is 0 Å². The second kappa shape index (κ2) is 28.4. The van der Waals surface area contributed by atoms with E-state index in [0.29, 0.717) is 0 Å². The van der Waals surface area contributed by atoms with Gasteiger partial charge in [-0.25, -0.2) is 87.8 Å². The van der Waals surface area contributed by atoms with Gasteiger partial charge in [-0.3, -0.25) is 0 Å². The molecule has 1 nitrogen and oxygen atoms in total. The summed E-state index contributed by atoms with van der Waals surface area (Å²) in [6, 6.07) is 19.6. The quantitative estimate of drug-likeness (QED) is 0.0147. The summed E-state index contributed by atoms with van der Waals surface area (Å²) in [5, 5.41) is 0. The zero-order valence-electron chi connectivity index (χ0n) is 40.6. The number of hydrogen-bond donors (Lipinski definition) is 0. The maximum absolute atomic E-state index is 15.4. The Kier molecular flexibility index (Phi) is 23.0. The minimum absolute atomic E-state index is 0.0762. The fraction of sp³-hybridized carbons (Fsp3) is 0.333.